The van der Waals surface area contributed by atoms with Crippen molar-refractivity contribution < 1.29 is 18.0 Å². The topological polar surface area (TPSA) is 54.0 Å². The highest BCUT2D eigenvalue weighted by molar-refractivity contribution is 7.18. The second kappa shape index (κ2) is 8.20. The Balaban J connectivity index is 1.79. The first-order valence-corrected chi connectivity index (χ1v) is 10.1. The van der Waals surface area contributed by atoms with E-state index in [2.05, 4.69) is 15.6 Å². The Labute approximate surface area is 175 Å². The van der Waals surface area contributed by atoms with Crippen LogP contribution in [0.2, 0.25) is 5.02 Å². The molecular formula is C20H19ClF3N3OS. The number of thiazole rings is 1. The maximum atomic E-state index is 12.8. The minimum Gasteiger partial charge on any atom is -0.372 e. The summed E-state index contributed by atoms with van der Waals surface area (Å²) in [7, 11) is 0. The molecule has 0 saturated carbocycles. The van der Waals surface area contributed by atoms with Crippen LogP contribution in [0.5, 0.6) is 0 Å². The van der Waals surface area contributed by atoms with Crippen LogP contribution in [0.3, 0.4) is 0 Å². The normalized spacial score (nSPS) is 13.0. The van der Waals surface area contributed by atoms with E-state index in [4.69, 9.17) is 11.6 Å². The van der Waals surface area contributed by atoms with Crippen molar-refractivity contribution in [1.82, 2.24) is 4.98 Å². The van der Waals surface area contributed by atoms with Crippen LogP contribution in [-0.2, 0) is 11.0 Å². The first kappa shape index (κ1) is 21.4. The van der Waals surface area contributed by atoms with E-state index in [0.29, 0.717) is 5.69 Å². The molecule has 1 atom stereocenters. The maximum Gasteiger partial charge on any atom is 0.416 e. The summed E-state index contributed by atoms with van der Waals surface area (Å²) in [5.74, 6) is -0.445. The van der Waals surface area contributed by atoms with Crippen molar-refractivity contribution in [3.05, 3.63) is 52.0 Å². The number of nitrogens with one attached hydrogen (secondary N) is 2. The van der Waals surface area contributed by atoms with Gasteiger partial charge in [-0.1, -0.05) is 25.4 Å². The number of anilines is 2. The van der Waals surface area contributed by atoms with Gasteiger partial charge in [0, 0.05) is 5.69 Å². The molecular weight excluding hydrogens is 423 g/mol. The van der Waals surface area contributed by atoms with Crippen molar-refractivity contribution in [3.8, 4) is 0 Å². The fraction of sp³-hybridized carbons (Fsp3) is 0.300. The summed E-state index contributed by atoms with van der Waals surface area (Å²) in [4.78, 5) is 17.2. The van der Waals surface area contributed by atoms with Gasteiger partial charge in [-0.2, -0.15) is 13.2 Å². The zero-order chi connectivity index (χ0) is 21.3. The number of aromatic nitrogens is 1. The van der Waals surface area contributed by atoms with Crippen LogP contribution in [0.25, 0.3) is 10.2 Å². The van der Waals surface area contributed by atoms with Crippen molar-refractivity contribution in [3.63, 3.8) is 0 Å². The van der Waals surface area contributed by atoms with Gasteiger partial charge in [0.05, 0.1) is 31.5 Å². The summed E-state index contributed by atoms with van der Waals surface area (Å²) in [6, 6.07) is 7.77. The van der Waals surface area contributed by atoms with Crippen LogP contribution in [0.4, 0.5) is 24.5 Å². The molecule has 4 nitrogen and oxygen atoms in total. The summed E-state index contributed by atoms with van der Waals surface area (Å²) >= 11 is 7.55. The Hall–Kier alpha value is -2.32. The van der Waals surface area contributed by atoms with E-state index < -0.39 is 17.8 Å². The first-order valence-electron chi connectivity index (χ1n) is 8.86. The number of halogens is 4. The van der Waals surface area contributed by atoms with Gasteiger partial charge >= 0.3 is 6.18 Å². The maximum absolute atomic E-state index is 12.8. The number of rotatable bonds is 5. The minimum atomic E-state index is -4.48. The highest BCUT2D eigenvalue weighted by Gasteiger charge is 2.31. The molecule has 1 amide bonds. The smallest absolute Gasteiger partial charge is 0.372 e. The monoisotopic (exact) mass is 441 g/mol. The van der Waals surface area contributed by atoms with Crippen molar-refractivity contribution in [2.75, 3.05) is 10.6 Å². The molecule has 0 aliphatic heterocycles. The van der Waals surface area contributed by atoms with Gasteiger partial charge in [-0.05, 0) is 49.2 Å². The lowest BCUT2D eigenvalue weighted by atomic mass is 10.0. The van der Waals surface area contributed by atoms with Gasteiger partial charge in [-0.3, -0.25) is 4.79 Å². The molecule has 154 valence electrons. The Morgan fingerprint density at radius 3 is 2.52 bits per heavy atom. The molecule has 3 rings (SSSR count). The molecule has 1 heterocycles. The number of aryl methyl sites for hydroxylation is 1. The zero-order valence-corrected chi connectivity index (χ0v) is 17.5. The molecule has 0 radical (unpaired) electrons. The molecule has 0 fully saturated rings. The van der Waals surface area contributed by atoms with Crippen LogP contribution < -0.4 is 10.6 Å². The number of amides is 1. The van der Waals surface area contributed by atoms with Crippen LogP contribution >= 0.6 is 22.9 Å². The van der Waals surface area contributed by atoms with Crippen molar-refractivity contribution in [1.29, 1.82) is 0 Å². The summed E-state index contributed by atoms with van der Waals surface area (Å²) in [5.41, 5.74) is 0.909. The number of nitrogens with zero attached hydrogens (tertiary/aromatic N) is 1. The second-order valence-corrected chi connectivity index (χ2v) is 8.61. The third kappa shape index (κ3) is 5.00. The molecule has 9 heteroatoms. The van der Waals surface area contributed by atoms with E-state index in [0.717, 1.165) is 27.4 Å². The predicted molar refractivity (Wildman–Crippen MR) is 112 cm³/mol. The van der Waals surface area contributed by atoms with Crippen molar-refractivity contribution >= 4 is 50.4 Å². The fourth-order valence-electron chi connectivity index (χ4n) is 2.85. The van der Waals surface area contributed by atoms with E-state index in [1.165, 1.54) is 17.4 Å². The molecule has 1 aromatic heterocycles. The standard InChI is InChI=1S/C20H19ClF3N3OS/c1-10(2)18(27-15-6-4-12(8-14(15)21)20(22,23)24)19(28)26-13-5-7-16-17(9-13)29-11(3)25-16/h4-10,18,27H,1-3H3,(H,26,28)/t18-/m0/s1. The average molecular weight is 442 g/mol. The van der Waals surface area contributed by atoms with Gasteiger partial charge in [0.15, 0.2) is 0 Å². The molecule has 2 N–H and O–H groups in total. The Kier molecular flexibility index (Phi) is 6.05. The third-order valence-corrected chi connectivity index (χ3v) is 5.57. The van der Waals surface area contributed by atoms with Crippen LogP contribution in [0.1, 0.15) is 24.4 Å². The first-order chi connectivity index (χ1) is 13.5. The predicted octanol–water partition coefficient (Wildman–Crippen LogP) is 6.35. The summed E-state index contributed by atoms with van der Waals surface area (Å²) in [6.07, 6.45) is -4.48. The Bertz CT molecular complexity index is 1050. The summed E-state index contributed by atoms with van der Waals surface area (Å²) < 4.78 is 39.4. The summed E-state index contributed by atoms with van der Waals surface area (Å²) in [5, 5.41) is 6.66. The molecule has 0 unspecified atom stereocenters. The van der Waals surface area contributed by atoms with Crippen LogP contribution in [0, 0.1) is 12.8 Å². The summed E-state index contributed by atoms with van der Waals surface area (Å²) in [6.45, 7) is 5.59. The van der Waals surface area contributed by atoms with E-state index in [1.807, 2.05) is 32.9 Å². The quantitative estimate of drug-likeness (QED) is 0.485. The fourth-order valence-corrected chi connectivity index (χ4v) is 3.95. The molecule has 3 aromatic rings. The van der Waals surface area contributed by atoms with Crippen molar-refractivity contribution in [2.45, 2.75) is 33.0 Å². The zero-order valence-electron chi connectivity index (χ0n) is 15.9. The van der Waals surface area contributed by atoms with Crippen LogP contribution in [-0.4, -0.2) is 16.9 Å². The lowest BCUT2D eigenvalue weighted by molar-refractivity contribution is -0.137. The van der Waals surface area contributed by atoms with Gasteiger partial charge in [0.2, 0.25) is 5.91 Å². The number of alkyl halides is 3. The number of benzene rings is 2. The molecule has 2 aromatic carbocycles. The Morgan fingerprint density at radius 2 is 1.90 bits per heavy atom. The second-order valence-electron chi connectivity index (χ2n) is 6.96. The number of carbonyl (C=O) groups excluding carboxylic acids is 1. The lowest BCUT2D eigenvalue weighted by Crippen LogP contribution is -2.39. The largest absolute Gasteiger partial charge is 0.416 e. The molecule has 0 bridgehead atoms. The average Bonchev–Trinajstić information content (AvgIpc) is 2.98. The molecule has 0 aliphatic carbocycles. The molecule has 29 heavy (non-hydrogen) atoms. The van der Waals surface area contributed by atoms with E-state index in [1.54, 1.807) is 6.07 Å². The molecule has 0 aliphatic rings. The number of hydrogen-bond acceptors (Lipinski definition) is 4. The highest BCUT2D eigenvalue weighted by atomic mass is 35.5. The van der Waals surface area contributed by atoms with Gasteiger partial charge in [0.25, 0.3) is 0 Å². The van der Waals surface area contributed by atoms with E-state index in [-0.39, 0.29) is 22.5 Å². The van der Waals surface area contributed by atoms with Gasteiger partial charge in [-0.15, -0.1) is 11.3 Å². The van der Waals surface area contributed by atoms with Gasteiger partial charge < -0.3 is 10.6 Å². The van der Waals surface area contributed by atoms with Crippen molar-refractivity contribution in [2.24, 2.45) is 5.92 Å². The molecule has 0 saturated heterocycles. The minimum absolute atomic E-state index is 0.0974. The number of hydrogen-bond donors (Lipinski definition) is 2. The van der Waals surface area contributed by atoms with Crippen LogP contribution in [0.15, 0.2) is 36.4 Å². The van der Waals surface area contributed by atoms with Gasteiger partial charge in [-0.25, -0.2) is 4.98 Å². The Morgan fingerprint density at radius 1 is 1.17 bits per heavy atom. The third-order valence-electron chi connectivity index (χ3n) is 4.32. The van der Waals surface area contributed by atoms with E-state index >= 15 is 0 Å². The van der Waals surface area contributed by atoms with Gasteiger partial charge in [0.1, 0.15) is 6.04 Å². The number of carbonyl (C=O) groups is 1. The number of fused-ring (bicyclic) bond motifs is 1. The molecule has 0 spiro atoms. The lowest BCUT2D eigenvalue weighted by Gasteiger charge is -2.23. The van der Waals surface area contributed by atoms with E-state index in [9.17, 15) is 18.0 Å². The SMILES string of the molecule is Cc1nc2ccc(NC(=O)[C@@H](Nc3ccc(C(F)(F)F)cc3Cl)C(C)C)cc2s1. The highest BCUT2D eigenvalue weighted by Crippen LogP contribution is 2.34.